The maximum atomic E-state index is 6.04. The molecular weight excluding hydrogens is 292 g/mol. The smallest absolute Gasteiger partial charge is 0.180 e. The van der Waals surface area contributed by atoms with Crippen molar-refractivity contribution in [1.29, 1.82) is 0 Å². The lowest BCUT2D eigenvalue weighted by Gasteiger charge is -2.06. The number of imidazole rings is 1. The zero-order chi connectivity index (χ0) is 14.1. The zero-order valence-corrected chi connectivity index (χ0v) is 12.7. The molecule has 0 bridgehead atoms. The predicted octanol–water partition coefficient (Wildman–Crippen LogP) is 3.73. The van der Waals surface area contributed by atoms with Gasteiger partial charge in [-0.25, -0.2) is 9.97 Å². The second-order valence-electron chi connectivity index (χ2n) is 4.67. The van der Waals surface area contributed by atoms with Gasteiger partial charge in [0.1, 0.15) is 5.82 Å². The molecule has 0 aliphatic carbocycles. The molecule has 0 unspecified atom stereocenters. The zero-order valence-electron chi connectivity index (χ0n) is 11.1. The number of benzene rings is 1. The molecule has 0 atom stereocenters. The molecule has 6 heteroatoms. The van der Waals surface area contributed by atoms with Gasteiger partial charge in [0.15, 0.2) is 5.13 Å². The van der Waals surface area contributed by atoms with E-state index in [1.807, 2.05) is 23.6 Å². The molecule has 0 saturated carbocycles. The molecule has 0 spiro atoms. The quantitative estimate of drug-likeness (QED) is 0.799. The molecule has 0 aliphatic heterocycles. The number of aromatic nitrogens is 3. The van der Waals surface area contributed by atoms with Crippen LogP contribution in [-0.2, 0) is 13.0 Å². The number of aryl methyl sites for hydroxylation is 1. The maximum absolute atomic E-state index is 6.04. The first-order valence-electron chi connectivity index (χ1n) is 6.52. The van der Waals surface area contributed by atoms with Crippen LogP contribution in [-0.4, -0.2) is 14.5 Å². The Morgan fingerprint density at radius 1 is 1.35 bits per heavy atom. The minimum Gasteiger partial charge on any atom is -0.375 e. The number of halogens is 1. The molecule has 0 amide bonds. The summed E-state index contributed by atoms with van der Waals surface area (Å²) < 4.78 is 2.24. The second-order valence-corrected chi connectivity index (χ2v) is 5.99. The van der Waals surface area contributed by atoms with Crippen molar-refractivity contribution in [2.45, 2.75) is 26.3 Å². The Balaban J connectivity index is 2.06. The predicted molar refractivity (Wildman–Crippen MR) is 84.4 cm³/mol. The number of anilines is 1. The van der Waals surface area contributed by atoms with Gasteiger partial charge in [0, 0.05) is 23.4 Å². The van der Waals surface area contributed by atoms with Crippen LogP contribution in [0, 0.1) is 0 Å². The Bertz CT molecular complexity index is 747. The fourth-order valence-electron chi connectivity index (χ4n) is 2.33. The lowest BCUT2D eigenvalue weighted by atomic mass is 10.3. The Hall–Kier alpha value is -1.59. The number of nitrogens with zero attached hydrogens (tertiary/aromatic N) is 3. The van der Waals surface area contributed by atoms with Crippen molar-refractivity contribution in [1.82, 2.24) is 14.5 Å². The van der Waals surface area contributed by atoms with E-state index in [1.54, 1.807) is 0 Å². The lowest BCUT2D eigenvalue weighted by Crippen LogP contribution is -2.04. The SMILES string of the molecule is CCCn1c(Cc2csc(N)n2)nc2cc(Cl)ccc21. The first-order valence-corrected chi connectivity index (χ1v) is 7.77. The fraction of sp³-hybridized carbons (Fsp3) is 0.286. The van der Waals surface area contributed by atoms with E-state index >= 15 is 0 Å². The van der Waals surface area contributed by atoms with Crippen LogP contribution in [0.4, 0.5) is 5.13 Å². The van der Waals surface area contributed by atoms with Crippen LogP contribution >= 0.6 is 22.9 Å². The summed E-state index contributed by atoms with van der Waals surface area (Å²) in [4.78, 5) is 9.01. The standard InChI is InChI=1S/C14H15ClN4S/c1-2-5-19-12-4-3-9(15)6-11(12)18-13(19)7-10-8-20-14(16)17-10/h3-4,6,8H,2,5,7H2,1H3,(H2,16,17). The van der Waals surface area contributed by atoms with Gasteiger partial charge in [0.05, 0.1) is 16.7 Å². The molecule has 0 radical (unpaired) electrons. The Kier molecular flexibility index (Phi) is 3.63. The monoisotopic (exact) mass is 306 g/mol. The first-order chi connectivity index (χ1) is 9.67. The molecular formula is C14H15ClN4S. The Labute approximate surface area is 126 Å². The summed E-state index contributed by atoms with van der Waals surface area (Å²) in [6.07, 6.45) is 1.75. The number of thiazole rings is 1. The number of rotatable bonds is 4. The highest BCUT2D eigenvalue weighted by Crippen LogP contribution is 2.23. The summed E-state index contributed by atoms with van der Waals surface area (Å²) >= 11 is 7.51. The minimum atomic E-state index is 0.598. The molecule has 2 aromatic heterocycles. The second kappa shape index (κ2) is 5.42. The maximum Gasteiger partial charge on any atom is 0.180 e. The highest BCUT2D eigenvalue weighted by molar-refractivity contribution is 7.13. The number of hydrogen-bond donors (Lipinski definition) is 1. The molecule has 3 rings (SSSR count). The summed E-state index contributed by atoms with van der Waals surface area (Å²) in [6.45, 7) is 3.10. The van der Waals surface area contributed by atoms with E-state index < -0.39 is 0 Å². The van der Waals surface area contributed by atoms with Crippen LogP contribution in [0.25, 0.3) is 11.0 Å². The van der Waals surface area contributed by atoms with Crippen molar-refractivity contribution in [3.8, 4) is 0 Å². The molecule has 3 aromatic rings. The van der Waals surface area contributed by atoms with E-state index in [9.17, 15) is 0 Å². The van der Waals surface area contributed by atoms with Crippen LogP contribution in [0.15, 0.2) is 23.6 Å². The van der Waals surface area contributed by atoms with E-state index in [1.165, 1.54) is 11.3 Å². The normalized spacial score (nSPS) is 11.3. The average molecular weight is 307 g/mol. The molecule has 0 fully saturated rings. The highest BCUT2D eigenvalue weighted by Gasteiger charge is 2.12. The van der Waals surface area contributed by atoms with E-state index in [4.69, 9.17) is 22.3 Å². The van der Waals surface area contributed by atoms with Gasteiger partial charge < -0.3 is 10.3 Å². The average Bonchev–Trinajstić information content (AvgIpc) is 2.95. The van der Waals surface area contributed by atoms with Gasteiger partial charge in [0.2, 0.25) is 0 Å². The Morgan fingerprint density at radius 2 is 2.20 bits per heavy atom. The Morgan fingerprint density at radius 3 is 2.90 bits per heavy atom. The summed E-state index contributed by atoms with van der Waals surface area (Å²) in [6, 6.07) is 5.84. The van der Waals surface area contributed by atoms with Crippen LogP contribution < -0.4 is 5.73 Å². The van der Waals surface area contributed by atoms with Gasteiger partial charge in [-0.2, -0.15) is 0 Å². The van der Waals surface area contributed by atoms with Crippen molar-refractivity contribution in [2.75, 3.05) is 5.73 Å². The molecule has 20 heavy (non-hydrogen) atoms. The number of fused-ring (bicyclic) bond motifs is 1. The van der Waals surface area contributed by atoms with Crippen molar-refractivity contribution < 1.29 is 0 Å². The first kappa shape index (κ1) is 13.4. The summed E-state index contributed by atoms with van der Waals surface area (Å²) in [5, 5.41) is 3.29. The van der Waals surface area contributed by atoms with E-state index in [2.05, 4.69) is 16.5 Å². The van der Waals surface area contributed by atoms with Gasteiger partial charge in [-0.05, 0) is 24.6 Å². The van der Waals surface area contributed by atoms with Crippen LogP contribution in [0.2, 0.25) is 5.02 Å². The third kappa shape index (κ3) is 2.51. The summed E-state index contributed by atoms with van der Waals surface area (Å²) in [5.74, 6) is 1.01. The van der Waals surface area contributed by atoms with Crippen LogP contribution in [0.1, 0.15) is 24.9 Å². The lowest BCUT2D eigenvalue weighted by molar-refractivity contribution is 0.662. The molecule has 104 valence electrons. The molecule has 0 aliphatic rings. The third-order valence-electron chi connectivity index (χ3n) is 3.15. The molecule has 1 aromatic carbocycles. The highest BCUT2D eigenvalue weighted by atomic mass is 35.5. The molecule has 4 nitrogen and oxygen atoms in total. The van der Waals surface area contributed by atoms with Gasteiger partial charge in [-0.3, -0.25) is 0 Å². The van der Waals surface area contributed by atoms with E-state index in [0.29, 0.717) is 16.6 Å². The fourth-order valence-corrected chi connectivity index (χ4v) is 3.06. The van der Waals surface area contributed by atoms with E-state index in [0.717, 1.165) is 35.5 Å². The van der Waals surface area contributed by atoms with Gasteiger partial charge in [-0.15, -0.1) is 11.3 Å². The van der Waals surface area contributed by atoms with E-state index in [-0.39, 0.29) is 0 Å². The van der Waals surface area contributed by atoms with Crippen molar-refractivity contribution >= 4 is 39.1 Å². The number of hydrogen-bond acceptors (Lipinski definition) is 4. The third-order valence-corrected chi connectivity index (χ3v) is 4.10. The van der Waals surface area contributed by atoms with Crippen molar-refractivity contribution in [3.05, 3.63) is 40.1 Å². The van der Waals surface area contributed by atoms with Crippen molar-refractivity contribution in [3.63, 3.8) is 0 Å². The van der Waals surface area contributed by atoms with Gasteiger partial charge >= 0.3 is 0 Å². The topological polar surface area (TPSA) is 56.7 Å². The van der Waals surface area contributed by atoms with Gasteiger partial charge in [-0.1, -0.05) is 18.5 Å². The molecule has 2 N–H and O–H groups in total. The number of nitrogen functional groups attached to an aromatic ring is 1. The molecule has 2 heterocycles. The molecule has 0 saturated heterocycles. The van der Waals surface area contributed by atoms with Gasteiger partial charge in [0.25, 0.3) is 0 Å². The van der Waals surface area contributed by atoms with Crippen molar-refractivity contribution in [2.24, 2.45) is 0 Å². The summed E-state index contributed by atoms with van der Waals surface area (Å²) in [7, 11) is 0. The van der Waals surface area contributed by atoms with Crippen LogP contribution in [0.5, 0.6) is 0 Å². The van der Waals surface area contributed by atoms with Crippen LogP contribution in [0.3, 0.4) is 0 Å². The summed E-state index contributed by atoms with van der Waals surface area (Å²) in [5.41, 5.74) is 8.71. The largest absolute Gasteiger partial charge is 0.375 e. The number of nitrogens with two attached hydrogens (primary N) is 1. The minimum absolute atomic E-state index is 0.598.